The van der Waals surface area contributed by atoms with Gasteiger partial charge in [-0.15, -0.1) is 10.2 Å². The van der Waals surface area contributed by atoms with Crippen LogP contribution in [0.4, 0.5) is 5.69 Å². The number of benzene rings is 3. The minimum Gasteiger partial charge on any atom is -0.325 e. The average Bonchev–Trinajstić information content (AvgIpc) is 3.27. The fourth-order valence-electron chi connectivity index (χ4n) is 3.85. The van der Waals surface area contributed by atoms with Crippen molar-refractivity contribution in [2.75, 3.05) is 5.32 Å². The SMILES string of the molecule is CCC(Sc1nnc(CS(=O)(=O)c2ccc(C)cc2)n1-c1ccccc1)C(=O)Nc1cccc(C)c1C. The molecular weight excluding hydrogens is 504 g/mol. The van der Waals surface area contributed by atoms with Gasteiger partial charge in [-0.1, -0.05) is 66.7 Å². The van der Waals surface area contributed by atoms with Crippen LogP contribution in [0, 0.1) is 20.8 Å². The van der Waals surface area contributed by atoms with Gasteiger partial charge in [0.15, 0.2) is 20.8 Å². The molecule has 0 aliphatic heterocycles. The van der Waals surface area contributed by atoms with Gasteiger partial charge in [-0.25, -0.2) is 8.42 Å². The third-order valence-electron chi connectivity index (χ3n) is 6.19. The van der Waals surface area contributed by atoms with Gasteiger partial charge in [-0.2, -0.15) is 0 Å². The maximum atomic E-state index is 13.2. The smallest absolute Gasteiger partial charge is 0.237 e. The van der Waals surface area contributed by atoms with Crippen LogP contribution in [-0.4, -0.2) is 34.3 Å². The Hall–Kier alpha value is -3.43. The van der Waals surface area contributed by atoms with Crippen molar-refractivity contribution < 1.29 is 13.2 Å². The number of sulfone groups is 1. The number of amides is 1. The Kier molecular flexibility index (Phi) is 8.14. The Balaban J connectivity index is 1.65. The number of thioether (sulfide) groups is 1. The first-order valence-corrected chi connectivity index (χ1v) is 14.6. The molecule has 4 rings (SSSR count). The van der Waals surface area contributed by atoms with Crippen molar-refractivity contribution in [2.24, 2.45) is 0 Å². The van der Waals surface area contributed by atoms with Crippen LogP contribution < -0.4 is 5.32 Å². The summed E-state index contributed by atoms with van der Waals surface area (Å²) < 4.78 is 28.1. The lowest BCUT2D eigenvalue weighted by Gasteiger charge is -2.17. The third-order valence-corrected chi connectivity index (χ3v) is 9.12. The second-order valence-corrected chi connectivity index (χ2v) is 12.1. The molecule has 7 nitrogen and oxygen atoms in total. The Morgan fingerprint density at radius 2 is 1.65 bits per heavy atom. The second kappa shape index (κ2) is 11.3. The van der Waals surface area contributed by atoms with Gasteiger partial charge in [0.2, 0.25) is 5.91 Å². The number of nitrogens with one attached hydrogen (secondary N) is 1. The summed E-state index contributed by atoms with van der Waals surface area (Å²) in [4.78, 5) is 13.5. The fourth-order valence-corrected chi connectivity index (χ4v) is 6.09. The number of hydrogen-bond acceptors (Lipinski definition) is 6. The minimum absolute atomic E-state index is 0.141. The molecule has 1 N–H and O–H groups in total. The molecule has 0 fully saturated rings. The molecule has 0 spiro atoms. The zero-order chi connectivity index (χ0) is 26.6. The Bertz CT molecular complexity index is 1500. The summed E-state index contributed by atoms with van der Waals surface area (Å²) >= 11 is 1.27. The topological polar surface area (TPSA) is 93.9 Å². The predicted octanol–water partition coefficient (Wildman–Crippen LogP) is 5.68. The second-order valence-electron chi connectivity index (χ2n) is 8.89. The van der Waals surface area contributed by atoms with E-state index in [0.717, 1.165) is 28.1 Å². The summed E-state index contributed by atoms with van der Waals surface area (Å²) in [6.07, 6.45) is 0.556. The minimum atomic E-state index is -3.66. The number of anilines is 1. The van der Waals surface area contributed by atoms with E-state index in [2.05, 4.69) is 15.5 Å². The van der Waals surface area contributed by atoms with Crippen molar-refractivity contribution in [1.82, 2.24) is 14.8 Å². The zero-order valence-corrected chi connectivity index (χ0v) is 22.9. The van der Waals surface area contributed by atoms with Gasteiger partial charge >= 0.3 is 0 Å². The number of carbonyl (C=O) groups is 1. The average molecular weight is 535 g/mol. The number of carbonyl (C=O) groups excluding carboxylic acids is 1. The van der Waals surface area contributed by atoms with E-state index in [4.69, 9.17) is 0 Å². The molecule has 0 radical (unpaired) electrons. The first kappa shape index (κ1) is 26.6. The highest BCUT2D eigenvalue weighted by Gasteiger charge is 2.26. The van der Waals surface area contributed by atoms with Gasteiger partial charge in [0.25, 0.3) is 0 Å². The molecule has 1 heterocycles. The van der Waals surface area contributed by atoms with Crippen molar-refractivity contribution in [2.45, 2.75) is 55.2 Å². The molecule has 3 aromatic carbocycles. The van der Waals surface area contributed by atoms with Crippen LogP contribution in [-0.2, 0) is 20.4 Å². The van der Waals surface area contributed by atoms with E-state index >= 15 is 0 Å². The number of nitrogens with zero attached hydrogens (tertiary/aromatic N) is 3. The lowest BCUT2D eigenvalue weighted by molar-refractivity contribution is -0.115. The van der Waals surface area contributed by atoms with Crippen molar-refractivity contribution in [3.63, 3.8) is 0 Å². The molecule has 0 aliphatic carbocycles. The highest BCUT2D eigenvalue weighted by atomic mass is 32.2. The van der Waals surface area contributed by atoms with E-state index < -0.39 is 15.1 Å². The number of aryl methyl sites for hydroxylation is 2. The quantitative estimate of drug-likeness (QED) is 0.278. The molecular formula is C28H30N4O3S2. The maximum Gasteiger partial charge on any atom is 0.237 e. The van der Waals surface area contributed by atoms with Gasteiger partial charge in [0.05, 0.1) is 10.1 Å². The van der Waals surface area contributed by atoms with E-state index in [-0.39, 0.29) is 16.6 Å². The van der Waals surface area contributed by atoms with Crippen molar-refractivity contribution in [3.8, 4) is 5.69 Å². The zero-order valence-electron chi connectivity index (χ0n) is 21.3. The van der Waals surface area contributed by atoms with Crippen LogP contribution in [0.5, 0.6) is 0 Å². The molecule has 1 unspecified atom stereocenters. The van der Waals surface area contributed by atoms with Crippen LogP contribution in [0.2, 0.25) is 0 Å². The lowest BCUT2D eigenvalue weighted by atomic mass is 10.1. The van der Waals surface area contributed by atoms with Crippen molar-refractivity contribution in [1.29, 1.82) is 0 Å². The van der Waals surface area contributed by atoms with Gasteiger partial charge in [0, 0.05) is 11.4 Å². The van der Waals surface area contributed by atoms with E-state index in [0.29, 0.717) is 17.4 Å². The molecule has 1 atom stereocenters. The standard InChI is InChI=1S/C28H30N4O3S2/c1-5-25(27(33)29-24-13-9-10-20(3)21(24)4)36-28-31-30-26(32(28)22-11-7-6-8-12-22)18-37(34,35)23-16-14-19(2)15-17-23/h6-17,25H,5,18H2,1-4H3,(H,29,33). The first-order chi connectivity index (χ1) is 17.7. The van der Waals surface area contributed by atoms with Gasteiger partial charge in [-0.05, 0) is 68.7 Å². The Morgan fingerprint density at radius 1 is 0.946 bits per heavy atom. The Labute approximate surface area is 222 Å². The number of rotatable bonds is 9. The molecule has 1 amide bonds. The molecule has 4 aromatic rings. The van der Waals surface area contributed by atoms with E-state index in [1.807, 2.05) is 76.2 Å². The third kappa shape index (κ3) is 6.11. The molecule has 0 aliphatic rings. The Morgan fingerprint density at radius 3 is 2.32 bits per heavy atom. The van der Waals surface area contributed by atoms with Crippen molar-refractivity contribution >= 4 is 33.2 Å². The lowest BCUT2D eigenvalue weighted by Crippen LogP contribution is -2.25. The van der Waals surface area contributed by atoms with Crippen LogP contribution in [0.15, 0.2) is 82.8 Å². The van der Waals surface area contributed by atoms with Crippen LogP contribution in [0.25, 0.3) is 5.69 Å². The summed E-state index contributed by atoms with van der Waals surface area (Å²) in [5, 5.41) is 11.6. The molecule has 0 saturated carbocycles. The monoisotopic (exact) mass is 534 g/mol. The summed E-state index contributed by atoms with van der Waals surface area (Å²) in [5.41, 5.74) is 4.61. The first-order valence-electron chi connectivity index (χ1n) is 12.0. The van der Waals surface area contributed by atoms with Crippen LogP contribution in [0.3, 0.4) is 0 Å². The molecule has 37 heavy (non-hydrogen) atoms. The summed E-state index contributed by atoms with van der Waals surface area (Å²) in [6.45, 7) is 7.83. The van der Waals surface area contributed by atoms with Crippen LogP contribution >= 0.6 is 11.8 Å². The highest BCUT2D eigenvalue weighted by molar-refractivity contribution is 8.00. The van der Waals surface area contributed by atoms with Crippen LogP contribution in [0.1, 0.15) is 35.9 Å². The van der Waals surface area contributed by atoms with Gasteiger partial charge in [-0.3, -0.25) is 9.36 Å². The largest absolute Gasteiger partial charge is 0.325 e. The van der Waals surface area contributed by atoms with Crippen molar-refractivity contribution in [3.05, 3.63) is 95.3 Å². The molecule has 1 aromatic heterocycles. The maximum absolute atomic E-state index is 13.2. The summed E-state index contributed by atoms with van der Waals surface area (Å²) in [5.74, 6) is -0.166. The molecule has 0 bridgehead atoms. The molecule has 192 valence electrons. The number of aromatic nitrogens is 3. The number of para-hydroxylation sites is 1. The van der Waals surface area contributed by atoms with Gasteiger partial charge in [0.1, 0.15) is 5.75 Å². The number of hydrogen-bond donors (Lipinski definition) is 1. The predicted molar refractivity (Wildman–Crippen MR) is 148 cm³/mol. The van der Waals surface area contributed by atoms with Gasteiger partial charge < -0.3 is 5.32 Å². The molecule has 9 heteroatoms. The normalized spacial score (nSPS) is 12.3. The summed E-state index contributed by atoms with van der Waals surface area (Å²) in [6, 6.07) is 21.9. The summed E-state index contributed by atoms with van der Waals surface area (Å²) in [7, 11) is -3.66. The highest BCUT2D eigenvalue weighted by Crippen LogP contribution is 2.30. The van der Waals surface area contributed by atoms with E-state index in [1.165, 1.54) is 11.8 Å². The molecule has 0 saturated heterocycles. The fraction of sp³-hybridized carbons (Fsp3) is 0.250. The van der Waals surface area contributed by atoms with E-state index in [9.17, 15) is 13.2 Å². The van der Waals surface area contributed by atoms with E-state index in [1.54, 1.807) is 28.8 Å².